The molecule has 32 heavy (non-hydrogen) atoms. The third-order valence-electron chi connectivity index (χ3n) is 6.71. The van der Waals surface area contributed by atoms with Crippen LogP contribution in [0.4, 0.5) is 0 Å². The Labute approximate surface area is 195 Å². The van der Waals surface area contributed by atoms with Crippen LogP contribution < -0.4 is 0 Å². The molecule has 3 heterocycles. The Bertz CT molecular complexity index is 1040. The molecule has 5 heteroatoms. The number of hydrogen-bond acceptors (Lipinski definition) is 5. The second-order valence-corrected chi connectivity index (χ2v) is 10.5. The molecule has 1 aliphatic heterocycles. The Morgan fingerprint density at radius 1 is 1.12 bits per heavy atom. The summed E-state index contributed by atoms with van der Waals surface area (Å²) in [5.41, 5.74) is 2.29. The standard InChI is InChI=1S/C27H31N3OS/c1-26(2,25-10-6-7-16-29-25)30-17-15-27(20-30,14-13-23-11-12-24(18-28)32-23)21-31-19-22-8-4-3-5-9-22/h3-12,16H,13-15,17,19-21H2,1-2H3/t27-/m1/s1. The SMILES string of the molecule is CC(C)(c1ccccn1)N1CC[C@@](CCc2ccc(C#N)s2)(COCc2ccccc2)C1. The first kappa shape index (κ1) is 22.7. The quantitative estimate of drug-likeness (QED) is 0.418. The van der Waals surface area contributed by atoms with Gasteiger partial charge in [-0.2, -0.15) is 5.26 Å². The van der Waals surface area contributed by atoms with E-state index in [1.807, 2.05) is 24.4 Å². The number of aryl methyl sites for hydroxylation is 1. The fourth-order valence-corrected chi connectivity index (χ4v) is 5.42. The topological polar surface area (TPSA) is 49.2 Å². The van der Waals surface area contributed by atoms with Gasteiger partial charge in [-0.15, -0.1) is 11.3 Å². The summed E-state index contributed by atoms with van der Waals surface area (Å²) in [5.74, 6) is 0. The van der Waals surface area contributed by atoms with Gasteiger partial charge in [0.1, 0.15) is 10.9 Å². The average molecular weight is 446 g/mol. The molecule has 0 saturated carbocycles. The van der Waals surface area contributed by atoms with Crippen molar-refractivity contribution in [1.29, 1.82) is 5.26 Å². The lowest BCUT2D eigenvalue weighted by Crippen LogP contribution is -2.43. The van der Waals surface area contributed by atoms with Gasteiger partial charge in [-0.3, -0.25) is 9.88 Å². The van der Waals surface area contributed by atoms with Gasteiger partial charge in [0.2, 0.25) is 0 Å². The van der Waals surface area contributed by atoms with Crippen LogP contribution in [0.15, 0.2) is 66.9 Å². The molecule has 1 atom stereocenters. The molecule has 1 aliphatic rings. The van der Waals surface area contributed by atoms with Crippen molar-refractivity contribution in [3.05, 3.63) is 87.9 Å². The zero-order valence-electron chi connectivity index (χ0n) is 19.0. The second-order valence-electron chi connectivity index (χ2n) is 9.30. The molecule has 1 saturated heterocycles. The van der Waals surface area contributed by atoms with E-state index >= 15 is 0 Å². The fraction of sp³-hybridized carbons (Fsp3) is 0.407. The van der Waals surface area contributed by atoms with Crippen LogP contribution in [0.1, 0.15) is 47.7 Å². The van der Waals surface area contributed by atoms with Crippen LogP contribution >= 0.6 is 11.3 Å². The Morgan fingerprint density at radius 2 is 1.94 bits per heavy atom. The van der Waals surface area contributed by atoms with Crippen molar-refractivity contribution in [3.63, 3.8) is 0 Å². The third kappa shape index (κ3) is 5.27. The number of nitriles is 1. The van der Waals surface area contributed by atoms with Crippen molar-refractivity contribution in [2.24, 2.45) is 5.41 Å². The number of benzene rings is 1. The maximum Gasteiger partial charge on any atom is 0.110 e. The van der Waals surface area contributed by atoms with Crippen LogP contribution in [0.25, 0.3) is 0 Å². The summed E-state index contributed by atoms with van der Waals surface area (Å²) in [6.07, 6.45) is 5.03. The van der Waals surface area contributed by atoms with E-state index in [1.165, 1.54) is 10.4 Å². The van der Waals surface area contributed by atoms with E-state index in [0.717, 1.165) is 49.5 Å². The summed E-state index contributed by atoms with van der Waals surface area (Å²) >= 11 is 1.61. The first-order valence-electron chi connectivity index (χ1n) is 11.3. The molecular weight excluding hydrogens is 414 g/mol. The van der Waals surface area contributed by atoms with Gasteiger partial charge >= 0.3 is 0 Å². The Morgan fingerprint density at radius 3 is 2.66 bits per heavy atom. The minimum atomic E-state index is -0.126. The maximum atomic E-state index is 9.17. The molecule has 0 amide bonds. The number of pyridine rings is 1. The zero-order valence-corrected chi connectivity index (χ0v) is 19.8. The predicted molar refractivity (Wildman–Crippen MR) is 129 cm³/mol. The summed E-state index contributed by atoms with van der Waals surface area (Å²) < 4.78 is 6.30. The molecule has 166 valence electrons. The van der Waals surface area contributed by atoms with Gasteiger partial charge in [0, 0.05) is 23.0 Å². The van der Waals surface area contributed by atoms with E-state index < -0.39 is 0 Å². The largest absolute Gasteiger partial charge is 0.376 e. The van der Waals surface area contributed by atoms with Gasteiger partial charge in [0.15, 0.2) is 0 Å². The summed E-state index contributed by atoms with van der Waals surface area (Å²) in [6.45, 7) is 7.95. The maximum absolute atomic E-state index is 9.17. The number of hydrogen-bond donors (Lipinski definition) is 0. The number of thiophene rings is 1. The van der Waals surface area contributed by atoms with Crippen LogP contribution in [0.2, 0.25) is 0 Å². The highest BCUT2D eigenvalue weighted by molar-refractivity contribution is 7.12. The Balaban J connectivity index is 1.47. The fourth-order valence-electron chi connectivity index (χ4n) is 4.61. The smallest absolute Gasteiger partial charge is 0.110 e. The van der Waals surface area contributed by atoms with Crippen LogP contribution in [0.5, 0.6) is 0 Å². The molecule has 1 aromatic carbocycles. The van der Waals surface area contributed by atoms with Gasteiger partial charge in [0.25, 0.3) is 0 Å². The van der Waals surface area contributed by atoms with Crippen molar-refractivity contribution < 1.29 is 4.74 Å². The summed E-state index contributed by atoms with van der Waals surface area (Å²) in [5, 5.41) is 9.17. The van der Waals surface area contributed by atoms with Crippen LogP contribution in [0, 0.1) is 16.7 Å². The molecular formula is C27H31N3OS. The lowest BCUT2D eigenvalue weighted by molar-refractivity contribution is 0.0237. The zero-order chi connectivity index (χ0) is 22.4. The highest BCUT2D eigenvalue weighted by atomic mass is 32.1. The normalized spacial score (nSPS) is 19.2. The van der Waals surface area contributed by atoms with Crippen molar-refractivity contribution in [3.8, 4) is 6.07 Å². The molecule has 0 aliphatic carbocycles. The van der Waals surface area contributed by atoms with Gasteiger partial charge in [-0.05, 0) is 69.5 Å². The third-order valence-corrected chi connectivity index (χ3v) is 7.76. The monoisotopic (exact) mass is 445 g/mol. The molecule has 0 radical (unpaired) electrons. The highest BCUT2D eigenvalue weighted by Crippen LogP contribution is 2.41. The van der Waals surface area contributed by atoms with Crippen molar-refractivity contribution in [2.45, 2.75) is 45.3 Å². The highest BCUT2D eigenvalue weighted by Gasteiger charge is 2.44. The van der Waals surface area contributed by atoms with Crippen LogP contribution in [0.3, 0.4) is 0 Å². The van der Waals surface area contributed by atoms with Crippen LogP contribution in [-0.4, -0.2) is 29.6 Å². The second kappa shape index (κ2) is 9.95. The minimum Gasteiger partial charge on any atom is -0.376 e. The van der Waals surface area contributed by atoms with E-state index in [0.29, 0.717) is 6.61 Å². The summed E-state index contributed by atoms with van der Waals surface area (Å²) in [4.78, 5) is 9.29. The minimum absolute atomic E-state index is 0.0949. The van der Waals surface area contributed by atoms with Gasteiger partial charge in [0.05, 0.1) is 24.4 Å². The number of rotatable bonds is 9. The van der Waals surface area contributed by atoms with Crippen molar-refractivity contribution >= 4 is 11.3 Å². The lowest BCUT2D eigenvalue weighted by atomic mass is 9.82. The first-order chi connectivity index (χ1) is 15.5. The van der Waals surface area contributed by atoms with E-state index in [1.54, 1.807) is 11.3 Å². The van der Waals surface area contributed by atoms with Crippen LogP contribution in [-0.2, 0) is 23.3 Å². The number of nitrogens with zero attached hydrogens (tertiary/aromatic N) is 3. The molecule has 1 fully saturated rings. The summed E-state index contributed by atoms with van der Waals surface area (Å²) in [7, 11) is 0. The number of likely N-dealkylation sites (tertiary alicyclic amines) is 1. The van der Waals surface area contributed by atoms with Crippen molar-refractivity contribution in [1.82, 2.24) is 9.88 Å². The predicted octanol–water partition coefficient (Wildman–Crippen LogP) is 5.79. The number of ether oxygens (including phenoxy) is 1. The van der Waals surface area contributed by atoms with Gasteiger partial charge < -0.3 is 4.74 Å². The molecule has 4 rings (SSSR count). The molecule has 3 aromatic rings. The molecule has 0 bridgehead atoms. The molecule has 0 N–H and O–H groups in total. The summed E-state index contributed by atoms with van der Waals surface area (Å²) in [6, 6.07) is 22.9. The lowest BCUT2D eigenvalue weighted by Gasteiger charge is -2.37. The Kier molecular flexibility index (Phi) is 7.05. The van der Waals surface area contributed by atoms with Gasteiger partial charge in [-0.1, -0.05) is 36.4 Å². The Hall–Kier alpha value is -2.52. The molecule has 2 aromatic heterocycles. The molecule has 4 nitrogen and oxygen atoms in total. The van der Waals surface area contributed by atoms with Gasteiger partial charge in [-0.25, -0.2) is 0 Å². The molecule has 0 unspecified atom stereocenters. The first-order valence-corrected chi connectivity index (χ1v) is 12.1. The van der Waals surface area contributed by atoms with Crippen molar-refractivity contribution in [2.75, 3.05) is 19.7 Å². The van der Waals surface area contributed by atoms with E-state index in [2.05, 4.69) is 72.3 Å². The van der Waals surface area contributed by atoms with E-state index in [-0.39, 0.29) is 11.0 Å². The number of aromatic nitrogens is 1. The van der Waals surface area contributed by atoms with E-state index in [4.69, 9.17) is 10.00 Å². The molecule has 0 spiro atoms. The van der Waals surface area contributed by atoms with E-state index in [9.17, 15) is 0 Å². The average Bonchev–Trinajstić information content (AvgIpc) is 3.47.